The number of nitrogens with two attached hydrogens (primary N) is 20. The lowest BCUT2D eigenvalue weighted by Gasteiger charge is -1.86. The van der Waals surface area contributed by atoms with E-state index in [-0.39, 0.29) is 118 Å². The molecular weight excluding hydrogens is 1800 g/mol. The highest BCUT2D eigenvalue weighted by molar-refractivity contribution is 5.79. The van der Waals surface area contributed by atoms with E-state index >= 15 is 0 Å². The first-order valence-corrected chi connectivity index (χ1v) is 51.1. The molecule has 0 spiro atoms. The maximum Gasteiger partial charge on any atom is 0.217 e. The van der Waals surface area contributed by atoms with Crippen molar-refractivity contribution in [3.05, 3.63) is 0 Å². The topological polar surface area (TPSA) is 862 Å². The first kappa shape index (κ1) is 178. The van der Waals surface area contributed by atoms with Gasteiger partial charge in [0.05, 0.1) is 0 Å². The van der Waals surface area contributed by atoms with E-state index in [0.29, 0.717) is 128 Å². The second-order valence-electron chi connectivity index (χ2n) is 31.4. The number of unbranched alkanes of at least 4 members (excludes halogenated alkanes) is 20. The molecule has 0 bridgehead atoms. The maximum absolute atomic E-state index is 9.98. The fraction of sp³-hybridized carbons (Fsp3) is 0.800. The highest BCUT2D eigenvalue weighted by atomic mass is 16.2. The minimum Gasteiger partial charge on any atom is -0.370 e. The van der Waals surface area contributed by atoms with Gasteiger partial charge in [-0.15, -0.1) is 0 Å². The predicted molar refractivity (Wildman–Crippen MR) is 574 cm³/mol. The standard InChI is InChI=1S/20C5H11NO/c20*1-2-3-4-5(6)7/h20*2-4H2,1H3,(H2,6,7). The molecule has 0 fully saturated rings. The van der Waals surface area contributed by atoms with Crippen molar-refractivity contribution < 1.29 is 95.9 Å². The highest BCUT2D eigenvalue weighted by Gasteiger charge is 1.99. The van der Waals surface area contributed by atoms with Crippen LogP contribution < -0.4 is 115 Å². The Morgan fingerprint density at radius 2 is 0.114 bits per heavy atom. The summed E-state index contributed by atoms with van der Waals surface area (Å²) in [6, 6.07) is 0. The van der Waals surface area contributed by atoms with Gasteiger partial charge in [0.1, 0.15) is 0 Å². The van der Waals surface area contributed by atoms with Crippen molar-refractivity contribution in [1.29, 1.82) is 0 Å². The summed E-state index contributed by atoms with van der Waals surface area (Å²) in [6.45, 7) is 40.6. The van der Waals surface area contributed by atoms with E-state index in [1.165, 1.54) is 0 Å². The molecule has 140 heavy (non-hydrogen) atoms. The van der Waals surface area contributed by atoms with Crippen LogP contribution in [0.4, 0.5) is 0 Å². The van der Waals surface area contributed by atoms with E-state index < -0.39 is 0 Å². The lowest BCUT2D eigenvalue weighted by atomic mass is 10.2. The van der Waals surface area contributed by atoms with E-state index in [1.54, 1.807) is 0 Å². The van der Waals surface area contributed by atoms with E-state index in [2.05, 4.69) is 0 Å². The van der Waals surface area contributed by atoms with Gasteiger partial charge in [-0.05, 0) is 128 Å². The minimum atomic E-state index is -0.193. The Bertz CT molecular complexity index is 2000. The van der Waals surface area contributed by atoms with Gasteiger partial charge in [-0.25, -0.2) is 0 Å². The van der Waals surface area contributed by atoms with Crippen molar-refractivity contribution in [2.24, 2.45) is 115 Å². The maximum atomic E-state index is 9.98. The monoisotopic (exact) mass is 2020 g/mol. The zero-order chi connectivity index (χ0) is 114. The fourth-order valence-electron chi connectivity index (χ4n) is 7.02. The molecular formula is C100H220N20O20. The van der Waals surface area contributed by atoms with Crippen molar-refractivity contribution in [3.63, 3.8) is 0 Å². The number of carbonyl (C=O) groups is 20. The van der Waals surface area contributed by atoms with Crippen LogP contribution in [0.15, 0.2) is 0 Å². The van der Waals surface area contributed by atoms with Crippen molar-refractivity contribution in [2.75, 3.05) is 0 Å². The lowest BCUT2D eigenvalue weighted by Crippen LogP contribution is -2.09. The molecule has 0 rings (SSSR count). The number of hydrogen-bond acceptors (Lipinski definition) is 20. The van der Waals surface area contributed by atoms with Gasteiger partial charge >= 0.3 is 0 Å². The summed E-state index contributed by atoms with van der Waals surface area (Å²) in [5.41, 5.74) is 96.8. The fourth-order valence-corrected chi connectivity index (χ4v) is 7.02. The Kier molecular flexibility index (Phi) is 222. The van der Waals surface area contributed by atoms with Crippen LogP contribution in [0.5, 0.6) is 0 Å². The minimum absolute atomic E-state index is 0.193. The van der Waals surface area contributed by atoms with Crippen LogP contribution in [0.3, 0.4) is 0 Å². The zero-order valence-electron chi connectivity index (χ0n) is 92.1. The smallest absolute Gasteiger partial charge is 0.217 e. The molecule has 0 aliphatic heterocycles. The molecule has 40 heteroatoms. The molecule has 0 saturated heterocycles. The molecule has 0 aliphatic carbocycles. The van der Waals surface area contributed by atoms with E-state index in [0.717, 1.165) is 257 Å². The first-order chi connectivity index (χ1) is 65.4. The summed E-state index contributed by atoms with van der Waals surface area (Å²) in [5, 5.41) is 0. The molecule has 0 aromatic rings. The Balaban J connectivity index is -0.0000000602. The van der Waals surface area contributed by atoms with Gasteiger partial charge in [0.2, 0.25) is 118 Å². The van der Waals surface area contributed by atoms with Gasteiger partial charge in [0.15, 0.2) is 0 Å². The van der Waals surface area contributed by atoms with E-state index in [9.17, 15) is 95.9 Å². The third-order valence-corrected chi connectivity index (χ3v) is 15.5. The van der Waals surface area contributed by atoms with Gasteiger partial charge in [-0.3, -0.25) is 95.9 Å². The van der Waals surface area contributed by atoms with Gasteiger partial charge in [0, 0.05) is 128 Å². The molecule has 40 N–H and O–H groups in total. The summed E-state index contributed by atoms with van der Waals surface area (Å²) in [4.78, 5) is 200. The number of rotatable bonds is 60. The molecule has 20 amide bonds. The third kappa shape index (κ3) is 423. The van der Waals surface area contributed by atoms with Crippen LogP contribution in [-0.4, -0.2) is 118 Å². The van der Waals surface area contributed by atoms with Crippen LogP contribution in [0.1, 0.15) is 524 Å². The normalized spacial score (nSPS) is 8.71. The van der Waals surface area contributed by atoms with Crippen LogP contribution >= 0.6 is 0 Å². The average molecular weight is 2020 g/mol. The molecule has 0 aliphatic rings. The number of amides is 20. The van der Waals surface area contributed by atoms with Crippen LogP contribution in [0, 0.1) is 0 Å². The van der Waals surface area contributed by atoms with Crippen molar-refractivity contribution in [3.8, 4) is 0 Å². The summed E-state index contributed by atoms with van der Waals surface area (Å²) in [5.74, 6) is -3.85. The van der Waals surface area contributed by atoms with E-state index in [4.69, 9.17) is 115 Å². The predicted octanol–water partition coefficient (Wildman–Crippen LogP) is 13.2. The molecule has 40 nitrogen and oxygen atoms in total. The second kappa shape index (κ2) is 174. The van der Waals surface area contributed by atoms with Crippen molar-refractivity contribution in [2.45, 2.75) is 524 Å². The molecule has 0 radical (unpaired) electrons. The van der Waals surface area contributed by atoms with Gasteiger partial charge in [-0.2, -0.15) is 0 Å². The molecule has 0 aromatic heterocycles. The largest absolute Gasteiger partial charge is 0.370 e. The molecule has 840 valence electrons. The number of primary amides is 20. The average Bonchev–Trinajstić information content (AvgIpc) is 1.45. The van der Waals surface area contributed by atoms with Crippen LogP contribution in [0.25, 0.3) is 0 Å². The van der Waals surface area contributed by atoms with Gasteiger partial charge in [-0.1, -0.05) is 267 Å². The Labute approximate surface area is 848 Å². The summed E-state index contributed by atoms with van der Waals surface area (Å²) in [7, 11) is 0. The molecule has 0 aromatic carbocycles. The van der Waals surface area contributed by atoms with Crippen molar-refractivity contribution in [1.82, 2.24) is 0 Å². The van der Waals surface area contributed by atoms with Gasteiger partial charge in [0.25, 0.3) is 0 Å². The molecule has 0 unspecified atom stereocenters. The molecule has 0 atom stereocenters. The summed E-state index contributed by atoms with van der Waals surface area (Å²) in [6.07, 6.45) is 50.2. The molecule has 0 heterocycles. The highest BCUT2D eigenvalue weighted by Crippen LogP contribution is 2.00. The van der Waals surface area contributed by atoms with Crippen molar-refractivity contribution >= 4 is 118 Å². The number of carbonyl (C=O) groups excluding carboxylic acids is 20. The second-order valence-corrected chi connectivity index (χ2v) is 31.4. The SMILES string of the molecule is CCCCC(N)=O.CCCCC(N)=O.CCCCC(N)=O.CCCCC(N)=O.CCCCC(N)=O.CCCCC(N)=O.CCCCC(N)=O.CCCCC(N)=O.CCCCC(N)=O.CCCCC(N)=O.CCCCC(N)=O.CCCCC(N)=O.CCCCC(N)=O.CCCCC(N)=O.CCCCC(N)=O.CCCCC(N)=O.CCCCC(N)=O.CCCCC(N)=O.CCCCC(N)=O.CCCCC(N)=O. The summed E-state index contributed by atoms with van der Waals surface area (Å²) < 4.78 is 0. The zero-order valence-corrected chi connectivity index (χ0v) is 92.1. The Morgan fingerprint density at radius 1 is 0.0857 bits per heavy atom. The third-order valence-electron chi connectivity index (χ3n) is 15.5. The van der Waals surface area contributed by atoms with Crippen LogP contribution in [0.2, 0.25) is 0 Å². The first-order valence-electron chi connectivity index (χ1n) is 51.1. The number of hydrogen-bond donors (Lipinski definition) is 20. The quantitative estimate of drug-likeness (QED) is 0.0269. The Morgan fingerprint density at radius 3 is 0.121 bits per heavy atom. The van der Waals surface area contributed by atoms with E-state index in [1.807, 2.05) is 138 Å². The summed E-state index contributed by atoms with van der Waals surface area (Å²) >= 11 is 0. The Hall–Kier alpha value is -10.6. The van der Waals surface area contributed by atoms with Crippen LogP contribution in [-0.2, 0) is 95.9 Å². The molecule has 0 saturated carbocycles. The van der Waals surface area contributed by atoms with Gasteiger partial charge < -0.3 is 115 Å². The lowest BCUT2D eigenvalue weighted by molar-refractivity contribution is -0.118.